The summed E-state index contributed by atoms with van der Waals surface area (Å²) in [7, 11) is 0. The van der Waals surface area contributed by atoms with Crippen molar-refractivity contribution < 1.29 is 14.4 Å². The molecular formula is C9H18N4O3. The van der Waals surface area contributed by atoms with Gasteiger partial charge < -0.3 is 22.1 Å². The van der Waals surface area contributed by atoms with E-state index in [9.17, 15) is 14.4 Å². The Bertz CT molecular complexity index is 255. The summed E-state index contributed by atoms with van der Waals surface area (Å²) in [4.78, 5) is 32.5. The van der Waals surface area contributed by atoms with Crippen molar-refractivity contribution in [3.05, 3.63) is 0 Å². The number of carbonyl (C=O) groups excluding carboxylic acids is 3. The van der Waals surface area contributed by atoms with Crippen molar-refractivity contribution in [2.75, 3.05) is 19.6 Å². The molecule has 0 aliphatic carbocycles. The second kappa shape index (κ2) is 8.66. The zero-order valence-electron chi connectivity index (χ0n) is 9.12. The van der Waals surface area contributed by atoms with Gasteiger partial charge in [-0.2, -0.15) is 0 Å². The van der Waals surface area contributed by atoms with Crippen LogP contribution in [0.2, 0.25) is 0 Å². The monoisotopic (exact) mass is 230 g/mol. The molecular weight excluding hydrogens is 212 g/mol. The van der Waals surface area contributed by atoms with Crippen LogP contribution in [-0.4, -0.2) is 37.4 Å². The molecule has 0 aromatic carbocycles. The second-order valence-electron chi connectivity index (χ2n) is 3.22. The minimum atomic E-state index is -0.694. The fraction of sp³-hybridized carbons (Fsp3) is 0.667. The normalized spacial score (nSPS) is 9.56. The summed E-state index contributed by atoms with van der Waals surface area (Å²) in [6.45, 7) is 0.910. The molecule has 3 amide bonds. The van der Waals surface area contributed by atoms with Crippen LogP contribution < -0.4 is 22.1 Å². The van der Waals surface area contributed by atoms with Gasteiger partial charge in [0.15, 0.2) is 0 Å². The second-order valence-corrected chi connectivity index (χ2v) is 3.22. The van der Waals surface area contributed by atoms with Gasteiger partial charge in [-0.3, -0.25) is 14.4 Å². The summed E-state index contributed by atoms with van der Waals surface area (Å²) >= 11 is 0. The van der Waals surface area contributed by atoms with Crippen molar-refractivity contribution in [3.63, 3.8) is 0 Å². The highest BCUT2D eigenvalue weighted by Gasteiger charge is 2.10. The van der Waals surface area contributed by atoms with Gasteiger partial charge in [0.05, 0.1) is 0 Å². The molecule has 0 bridgehead atoms. The zero-order chi connectivity index (χ0) is 12.4. The van der Waals surface area contributed by atoms with Crippen LogP contribution in [0, 0.1) is 0 Å². The van der Waals surface area contributed by atoms with E-state index in [0.717, 1.165) is 0 Å². The number of hydrogen-bond acceptors (Lipinski definition) is 4. The van der Waals surface area contributed by atoms with E-state index < -0.39 is 11.8 Å². The van der Waals surface area contributed by atoms with E-state index >= 15 is 0 Å². The minimum Gasteiger partial charge on any atom is -0.370 e. The van der Waals surface area contributed by atoms with Crippen molar-refractivity contribution in [1.29, 1.82) is 0 Å². The third-order valence-electron chi connectivity index (χ3n) is 1.77. The smallest absolute Gasteiger partial charge is 0.309 e. The van der Waals surface area contributed by atoms with Gasteiger partial charge in [-0.1, -0.05) is 0 Å². The van der Waals surface area contributed by atoms with Crippen LogP contribution in [0.5, 0.6) is 0 Å². The maximum absolute atomic E-state index is 11.1. The van der Waals surface area contributed by atoms with Crippen LogP contribution in [0.15, 0.2) is 0 Å². The SMILES string of the molecule is NCCNC(=O)C(=O)NCCCCC(N)=O. The van der Waals surface area contributed by atoms with Gasteiger partial charge in [0.2, 0.25) is 5.91 Å². The number of amides is 3. The Morgan fingerprint density at radius 3 is 2.00 bits per heavy atom. The first-order chi connectivity index (χ1) is 7.57. The van der Waals surface area contributed by atoms with Gasteiger partial charge in [0.1, 0.15) is 0 Å². The summed E-state index contributed by atoms with van der Waals surface area (Å²) in [5.41, 5.74) is 10.1. The van der Waals surface area contributed by atoms with E-state index in [1.807, 2.05) is 0 Å². The van der Waals surface area contributed by atoms with Crippen LogP contribution >= 0.6 is 0 Å². The predicted molar refractivity (Wildman–Crippen MR) is 58.1 cm³/mol. The number of nitrogens with one attached hydrogen (secondary N) is 2. The molecule has 6 N–H and O–H groups in total. The largest absolute Gasteiger partial charge is 0.370 e. The summed E-state index contributed by atoms with van der Waals surface area (Å²) in [5, 5.41) is 4.76. The average molecular weight is 230 g/mol. The molecule has 0 saturated carbocycles. The first kappa shape index (κ1) is 14.4. The Morgan fingerprint density at radius 2 is 1.50 bits per heavy atom. The first-order valence-corrected chi connectivity index (χ1v) is 5.12. The van der Waals surface area contributed by atoms with Crippen molar-refractivity contribution in [2.24, 2.45) is 11.5 Å². The quantitative estimate of drug-likeness (QED) is 0.293. The molecule has 0 atom stereocenters. The van der Waals surface area contributed by atoms with Crippen LogP contribution in [0.25, 0.3) is 0 Å². The van der Waals surface area contributed by atoms with E-state index in [1.54, 1.807) is 0 Å². The number of hydrogen-bond donors (Lipinski definition) is 4. The first-order valence-electron chi connectivity index (χ1n) is 5.12. The van der Waals surface area contributed by atoms with Crippen LogP contribution in [0.4, 0.5) is 0 Å². The Kier molecular flexibility index (Phi) is 7.78. The zero-order valence-corrected chi connectivity index (χ0v) is 9.12. The van der Waals surface area contributed by atoms with Crippen LogP contribution in [-0.2, 0) is 14.4 Å². The number of carbonyl (C=O) groups is 3. The van der Waals surface area contributed by atoms with Crippen molar-refractivity contribution in [2.45, 2.75) is 19.3 Å². The molecule has 0 spiro atoms. The van der Waals surface area contributed by atoms with Gasteiger partial charge in [0, 0.05) is 26.1 Å². The van der Waals surface area contributed by atoms with Gasteiger partial charge in [-0.25, -0.2) is 0 Å². The third kappa shape index (κ3) is 7.74. The molecule has 0 aliphatic rings. The molecule has 0 heterocycles. The number of nitrogens with two attached hydrogens (primary N) is 2. The van der Waals surface area contributed by atoms with Crippen molar-refractivity contribution in [1.82, 2.24) is 10.6 Å². The molecule has 0 fully saturated rings. The molecule has 7 nitrogen and oxygen atoms in total. The van der Waals surface area contributed by atoms with Crippen molar-refractivity contribution >= 4 is 17.7 Å². The lowest BCUT2D eigenvalue weighted by Crippen LogP contribution is -2.41. The molecule has 0 saturated heterocycles. The van der Waals surface area contributed by atoms with Gasteiger partial charge in [0.25, 0.3) is 0 Å². The minimum absolute atomic E-state index is 0.272. The van der Waals surface area contributed by atoms with E-state index in [-0.39, 0.29) is 25.4 Å². The summed E-state index contributed by atoms with van der Waals surface area (Å²) in [5.74, 6) is -1.75. The molecule has 0 rings (SSSR count). The molecule has 7 heteroatoms. The fourth-order valence-electron chi connectivity index (χ4n) is 0.972. The average Bonchev–Trinajstić information content (AvgIpc) is 2.24. The summed E-state index contributed by atoms with van der Waals surface area (Å²) in [6.07, 6.45) is 1.49. The van der Waals surface area contributed by atoms with E-state index in [2.05, 4.69) is 10.6 Å². The predicted octanol–water partition coefficient (Wildman–Crippen LogP) is -2.17. The topological polar surface area (TPSA) is 127 Å². The third-order valence-corrected chi connectivity index (χ3v) is 1.77. The maximum atomic E-state index is 11.1. The molecule has 0 aliphatic heterocycles. The number of rotatable bonds is 7. The lowest BCUT2D eigenvalue weighted by atomic mass is 10.2. The maximum Gasteiger partial charge on any atom is 0.309 e. The molecule has 0 radical (unpaired) electrons. The highest BCUT2D eigenvalue weighted by atomic mass is 16.2. The molecule has 0 aromatic heterocycles. The molecule has 16 heavy (non-hydrogen) atoms. The number of primary amides is 1. The fourth-order valence-corrected chi connectivity index (χ4v) is 0.972. The lowest BCUT2D eigenvalue weighted by Gasteiger charge is -2.04. The van der Waals surface area contributed by atoms with E-state index in [0.29, 0.717) is 19.4 Å². The van der Waals surface area contributed by atoms with Crippen molar-refractivity contribution in [3.8, 4) is 0 Å². The van der Waals surface area contributed by atoms with Crippen LogP contribution in [0.1, 0.15) is 19.3 Å². The van der Waals surface area contributed by atoms with Gasteiger partial charge in [-0.05, 0) is 12.8 Å². The number of unbranched alkanes of at least 4 members (excludes halogenated alkanes) is 1. The molecule has 92 valence electrons. The standard InChI is InChI=1S/C9H18N4O3/c10-4-6-13-9(16)8(15)12-5-2-1-3-7(11)14/h1-6,10H2,(H2,11,14)(H,12,15)(H,13,16). The highest BCUT2D eigenvalue weighted by Crippen LogP contribution is 1.91. The molecule has 0 aromatic rings. The summed E-state index contributed by atoms with van der Waals surface area (Å²) in [6, 6.07) is 0. The Morgan fingerprint density at radius 1 is 0.938 bits per heavy atom. The highest BCUT2D eigenvalue weighted by molar-refractivity contribution is 6.35. The lowest BCUT2D eigenvalue weighted by molar-refractivity contribution is -0.139. The van der Waals surface area contributed by atoms with Gasteiger partial charge in [-0.15, -0.1) is 0 Å². The molecule has 0 unspecified atom stereocenters. The van der Waals surface area contributed by atoms with Gasteiger partial charge >= 0.3 is 11.8 Å². The van der Waals surface area contributed by atoms with E-state index in [1.165, 1.54) is 0 Å². The Labute approximate surface area is 93.9 Å². The Hall–Kier alpha value is -1.63. The van der Waals surface area contributed by atoms with Crippen LogP contribution in [0.3, 0.4) is 0 Å². The summed E-state index contributed by atoms with van der Waals surface area (Å²) < 4.78 is 0. The Balaban J connectivity index is 3.49. The van der Waals surface area contributed by atoms with E-state index in [4.69, 9.17) is 11.5 Å².